The molecule has 0 heterocycles. The van der Waals surface area contributed by atoms with Crippen molar-refractivity contribution in [3.63, 3.8) is 0 Å². The molecule has 0 radical (unpaired) electrons. The highest BCUT2D eigenvalue weighted by Crippen LogP contribution is 1.89. The average Bonchev–Trinajstić information content (AvgIpc) is 1.82. The van der Waals surface area contributed by atoms with Gasteiger partial charge in [-0.3, -0.25) is 4.99 Å². The molecule has 0 rings (SSSR count). The monoisotopic (exact) mass is 202 g/mol. The zero-order chi connectivity index (χ0) is 7.28. The van der Waals surface area contributed by atoms with Gasteiger partial charge >= 0.3 is 0 Å². The molecule has 0 aliphatic rings. The number of nitrogens with two attached hydrogens (primary N) is 1. The quantitative estimate of drug-likeness (QED) is 0.358. The maximum Gasteiger partial charge on any atom is 0.0963 e. The Labute approximate surface area is 77.5 Å². The van der Waals surface area contributed by atoms with E-state index in [1.54, 1.807) is 0 Å². The van der Waals surface area contributed by atoms with Gasteiger partial charge in [0.1, 0.15) is 0 Å². The van der Waals surface area contributed by atoms with Gasteiger partial charge in [-0.05, 0) is 0 Å². The molecule has 0 aliphatic heterocycles. The molecule has 86 valence electrons. The van der Waals surface area contributed by atoms with E-state index in [2.05, 4.69) is 4.99 Å². The van der Waals surface area contributed by atoms with Crippen molar-refractivity contribution < 1.29 is 27.0 Å². The van der Waals surface area contributed by atoms with Crippen molar-refractivity contribution in [2.24, 2.45) is 16.6 Å². The lowest BCUT2D eigenvalue weighted by Gasteiger charge is -2.01. The summed E-state index contributed by atoms with van der Waals surface area (Å²) in [6, 6.07) is 0. The maximum atomic E-state index is 8.33. The number of aliphatic hydroxyl groups excluding tert-OH is 1. The Kier molecular flexibility index (Phi) is 39.4. The van der Waals surface area contributed by atoms with Gasteiger partial charge in [0.25, 0.3) is 0 Å². The van der Waals surface area contributed by atoms with Gasteiger partial charge in [-0.15, -0.1) is 0 Å². The van der Waals surface area contributed by atoms with Crippen molar-refractivity contribution >= 4 is 5.84 Å². The molecule has 0 aliphatic carbocycles. The minimum absolute atomic E-state index is 0. The first kappa shape index (κ1) is 29.5. The third kappa shape index (κ3) is 18.3. The molecule has 0 atom stereocenters. The van der Waals surface area contributed by atoms with Gasteiger partial charge in [0.2, 0.25) is 0 Å². The molecule has 0 saturated heterocycles. The topological polar surface area (TPSA) is 185 Å². The summed E-state index contributed by atoms with van der Waals surface area (Å²) in [5, 5.41) is 8.33. The lowest BCUT2D eigenvalue weighted by molar-refractivity contribution is 0.306. The van der Waals surface area contributed by atoms with Crippen LogP contribution in [-0.4, -0.2) is 46.0 Å². The van der Waals surface area contributed by atoms with Gasteiger partial charge in [-0.1, -0.05) is 13.8 Å². The van der Waals surface area contributed by atoms with Crippen LogP contribution in [0, 0.1) is 5.92 Å². The van der Waals surface area contributed by atoms with Crippen molar-refractivity contribution in [3.05, 3.63) is 0 Å². The summed E-state index contributed by atoms with van der Waals surface area (Å²) >= 11 is 0. The number of hydrogen-bond donors (Lipinski definition) is 2. The molecular weight excluding hydrogens is 180 g/mol. The maximum absolute atomic E-state index is 8.33. The van der Waals surface area contributed by atoms with Gasteiger partial charge in [0.05, 0.1) is 19.0 Å². The smallest absolute Gasteiger partial charge is 0.0963 e. The van der Waals surface area contributed by atoms with Crippen molar-refractivity contribution in [2.45, 2.75) is 13.8 Å². The largest absolute Gasteiger partial charge is 0.412 e. The van der Waals surface area contributed by atoms with E-state index in [1.807, 2.05) is 13.8 Å². The zero-order valence-electron chi connectivity index (χ0n) is 7.96. The number of aliphatic imine (C=N–C) groups is 1. The van der Waals surface area contributed by atoms with Gasteiger partial charge in [-0.25, -0.2) is 0 Å². The highest BCUT2D eigenvalue weighted by atomic mass is 16.3. The van der Waals surface area contributed by atoms with Crippen LogP contribution in [0.5, 0.6) is 0 Å². The molecule has 7 nitrogen and oxygen atoms in total. The highest BCUT2D eigenvalue weighted by molar-refractivity contribution is 5.82. The van der Waals surface area contributed by atoms with E-state index in [4.69, 9.17) is 10.8 Å². The normalized spacial score (nSPS) is 8.77. The summed E-state index contributed by atoms with van der Waals surface area (Å²) in [7, 11) is 0. The molecule has 11 N–H and O–H groups in total. The van der Waals surface area contributed by atoms with Crippen LogP contribution in [0.3, 0.4) is 0 Å². The van der Waals surface area contributed by atoms with Gasteiger partial charge in [-0.2, -0.15) is 0 Å². The SMILES string of the molecule is CC(C)C(N)=NCCO.O.O.O.O. The summed E-state index contributed by atoms with van der Waals surface area (Å²) in [5.41, 5.74) is 5.44. The molecule has 0 bridgehead atoms. The minimum Gasteiger partial charge on any atom is -0.412 e. The van der Waals surface area contributed by atoms with E-state index in [9.17, 15) is 0 Å². The molecule has 0 aromatic rings. The zero-order valence-corrected chi connectivity index (χ0v) is 7.96. The fourth-order valence-electron chi connectivity index (χ4n) is 0.362. The Balaban J connectivity index is -0.0000000533. The molecule has 0 aromatic heterocycles. The average molecular weight is 202 g/mol. The van der Waals surface area contributed by atoms with E-state index in [0.717, 1.165) is 0 Å². The van der Waals surface area contributed by atoms with Crippen molar-refractivity contribution in [3.8, 4) is 0 Å². The van der Waals surface area contributed by atoms with Crippen molar-refractivity contribution in [2.75, 3.05) is 13.2 Å². The van der Waals surface area contributed by atoms with E-state index >= 15 is 0 Å². The summed E-state index contributed by atoms with van der Waals surface area (Å²) in [6.45, 7) is 4.43. The van der Waals surface area contributed by atoms with Crippen LogP contribution in [0.1, 0.15) is 13.8 Å². The fourth-order valence-corrected chi connectivity index (χ4v) is 0.362. The fraction of sp³-hybridized carbons (Fsp3) is 0.833. The Hall–Kier alpha value is -0.730. The van der Waals surface area contributed by atoms with E-state index in [1.165, 1.54) is 0 Å². The first-order valence-electron chi connectivity index (χ1n) is 3.09. The van der Waals surface area contributed by atoms with E-state index in [0.29, 0.717) is 12.4 Å². The van der Waals surface area contributed by atoms with E-state index in [-0.39, 0.29) is 34.4 Å². The summed E-state index contributed by atoms with van der Waals surface area (Å²) in [4.78, 5) is 3.89. The number of rotatable bonds is 3. The molecule has 0 spiro atoms. The first-order chi connectivity index (χ1) is 4.18. The van der Waals surface area contributed by atoms with Crippen LogP contribution < -0.4 is 5.73 Å². The van der Waals surface area contributed by atoms with Crippen LogP contribution in [0.25, 0.3) is 0 Å². The number of nitrogens with zero attached hydrogens (tertiary/aromatic N) is 1. The van der Waals surface area contributed by atoms with Gasteiger partial charge in [0.15, 0.2) is 0 Å². The van der Waals surface area contributed by atoms with Gasteiger partial charge in [0, 0.05) is 5.92 Å². The third-order valence-electron chi connectivity index (χ3n) is 0.986. The first-order valence-corrected chi connectivity index (χ1v) is 3.09. The van der Waals surface area contributed by atoms with Crippen LogP contribution in [0.4, 0.5) is 0 Å². The van der Waals surface area contributed by atoms with Crippen LogP contribution in [0.2, 0.25) is 0 Å². The third-order valence-corrected chi connectivity index (χ3v) is 0.986. The Morgan fingerprint density at radius 3 is 1.85 bits per heavy atom. The second-order valence-corrected chi connectivity index (χ2v) is 2.18. The van der Waals surface area contributed by atoms with Gasteiger partial charge < -0.3 is 32.7 Å². The molecule has 0 amide bonds. The number of amidine groups is 1. The Morgan fingerprint density at radius 2 is 1.62 bits per heavy atom. The van der Waals surface area contributed by atoms with Crippen molar-refractivity contribution in [1.82, 2.24) is 0 Å². The van der Waals surface area contributed by atoms with Crippen LogP contribution in [0.15, 0.2) is 4.99 Å². The number of hydrogen-bond acceptors (Lipinski definition) is 2. The predicted molar refractivity (Wildman–Crippen MR) is 52.9 cm³/mol. The summed E-state index contributed by atoms with van der Waals surface area (Å²) in [5.74, 6) is 0.903. The molecule has 13 heavy (non-hydrogen) atoms. The second kappa shape index (κ2) is 17.4. The minimum atomic E-state index is 0. The molecular formula is C6H22N2O5. The molecule has 0 saturated carbocycles. The molecule has 7 heteroatoms. The summed E-state index contributed by atoms with van der Waals surface area (Å²) in [6.07, 6.45) is 0. The van der Waals surface area contributed by atoms with Crippen molar-refractivity contribution in [1.29, 1.82) is 0 Å². The predicted octanol–water partition coefficient (Wildman–Crippen LogP) is -3.31. The summed E-state index contributed by atoms with van der Waals surface area (Å²) < 4.78 is 0. The lowest BCUT2D eigenvalue weighted by Crippen LogP contribution is -2.19. The second-order valence-electron chi connectivity index (χ2n) is 2.18. The van der Waals surface area contributed by atoms with Crippen LogP contribution in [-0.2, 0) is 0 Å². The van der Waals surface area contributed by atoms with E-state index < -0.39 is 0 Å². The molecule has 0 unspecified atom stereocenters. The Bertz CT molecular complexity index is 107. The number of aliphatic hydroxyl groups is 1. The van der Waals surface area contributed by atoms with Crippen LogP contribution >= 0.6 is 0 Å². The molecule has 0 aromatic carbocycles. The lowest BCUT2D eigenvalue weighted by atomic mass is 10.2. The molecule has 0 fully saturated rings. The highest BCUT2D eigenvalue weighted by Gasteiger charge is 1.95. The standard InChI is InChI=1S/C6H14N2O.4H2O/c1-5(2)6(7)8-3-4-9;;;;/h5,9H,3-4H2,1-2H3,(H2,7,8);4*1H2. The Morgan fingerprint density at radius 1 is 1.23 bits per heavy atom.